The van der Waals surface area contributed by atoms with Gasteiger partial charge in [0.25, 0.3) is 0 Å². The van der Waals surface area contributed by atoms with E-state index < -0.39 is 0 Å². The van der Waals surface area contributed by atoms with Crippen LogP contribution in [0.25, 0.3) is 21.3 Å². The Balaban J connectivity index is 1.54. The summed E-state index contributed by atoms with van der Waals surface area (Å²) in [5, 5.41) is 13.1. The van der Waals surface area contributed by atoms with Crippen LogP contribution in [0.2, 0.25) is 0 Å². The maximum absolute atomic E-state index is 12.6. The third-order valence-electron chi connectivity index (χ3n) is 5.34. The number of aryl methyl sites for hydroxylation is 2. The van der Waals surface area contributed by atoms with Crippen LogP contribution < -0.4 is 5.32 Å². The smallest absolute Gasteiger partial charge is 0.229 e. The second-order valence-corrected chi connectivity index (χ2v) is 8.99. The average Bonchev–Trinajstić information content (AvgIpc) is 3.12. The summed E-state index contributed by atoms with van der Waals surface area (Å²) in [6.45, 7) is 8.70. The van der Waals surface area contributed by atoms with E-state index in [0.29, 0.717) is 11.7 Å². The number of nitrogens with zero attached hydrogens (tertiary/aromatic N) is 3. The lowest BCUT2D eigenvalue weighted by atomic mass is 9.88. The Kier molecular flexibility index (Phi) is 4.89. The molecule has 1 fully saturated rings. The van der Waals surface area contributed by atoms with Crippen LogP contribution in [0, 0.1) is 19.8 Å². The largest absolute Gasteiger partial charge is 0.376 e. The number of rotatable bonds is 3. The van der Waals surface area contributed by atoms with Crippen LogP contribution in [0.5, 0.6) is 0 Å². The number of amides is 1. The molecule has 2 aromatic heterocycles. The molecule has 0 spiro atoms. The van der Waals surface area contributed by atoms with E-state index in [-0.39, 0.29) is 17.4 Å². The van der Waals surface area contributed by atoms with Crippen molar-refractivity contribution in [2.24, 2.45) is 5.92 Å². The number of carbonyl (C=O) groups is 1. The van der Waals surface area contributed by atoms with Gasteiger partial charge in [-0.3, -0.25) is 4.79 Å². The zero-order valence-electron chi connectivity index (χ0n) is 16.6. The van der Waals surface area contributed by atoms with Gasteiger partial charge >= 0.3 is 0 Å². The molecule has 1 atom stereocenters. The lowest BCUT2D eigenvalue weighted by Gasteiger charge is -2.34. The first-order chi connectivity index (χ1) is 13.3. The molecule has 1 saturated heterocycles. The van der Waals surface area contributed by atoms with Gasteiger partial charge in [-0.15, -0.1) is 0 Å². The summed E-state index contributed by atoms with van der Waals surface area (Å²) in [7, 11) is 0. The molecule has 0 radical (unpaired) electrons. The molecule has 1 amide bonds. The number of hydrogen-bond donors (Lipinski definition) is 1. The average molecular weight is 397 g/mol. The quantitative estimate of drug-likeness (QED) is 0.705. The second kappa shape index (κ2) is 7.22. The van der Waals surface area contributed by atoms with Gasteiger partial charge in [-0.25, -0.2) is 4.98 Å². The SMILES string of the molecule is Cc1nnc2ccc(-c3cnc(NC(=O)C4CCOC(C)(C)C4)s3)cc2c1C. The number of nitrogens with one attached hydrogen (secondary N) is 1. The van der Waals surface area contributed by atoms with Gasteiger partial charge in [0.1, 0.15) is 0 Å². The lowest BCUT2D eigenvalue weighted by Crippen LogP contribution is -2.39. The molecule has 0 aliphatic carbocycles. The van der Waals surface area contributed by atoms with Gasteiger partial charge in [0.05, 0.1) is 21.7 Å². The van der Waals surface area contributed by atoms with Crippen molar-refractivity contribution in [3.63, 3.8) is 0 Å². The third-order valence-corrected chi connectivity index (χ3v) is 6.30. The van der Waals surface area contributed by atoms with E-state index in [4.69, 9.17) is 4.74 Å². The maximum Gasteiger partial charge on any atom is 0.229 e. The van der Waals surface area contributed by atoms with E-state index in [0.717, 1.165) is 45.4 Å². The molecule has 1 aliphatic heterocycles. The number of anilines is 1. The van der Waals surface area contributed by atoms with E-state index in [9.17, 15) is 4.79 Å². The van der Waals surface area contributed by atoms with Gasteiger partial charge in [-0.05, 0) is 63.8 Å². The zero-order valence-corrected chi connectivity index (χ0v) is 17.4. The molecule has 6 nitrogen and oxygen atoms in total. The molecule has 3 heterocycles. The van der Waals surface area contributed by atoms with Crippen LogP contribution in [0.15, 0.2) is 24.4 Å². The van der Waals surface area contributed by atoms with Crippen LogP contribution in [0.4, 0.5) is 5.13 Å². The lowest BCUT2D eigenvalue weighted by molar-refractivity contribution is -0.130. The predicted octanol–water partition coefficient (Wildman–Crippen LogP) is 4.51. The standard InChI is InChI=1S/C21H24N4O2S/c1-12-13(2)24-25-17-6-5-14(9-16(12)17)18-11-22-20(28-18)23-19(26)15-7-8-27-21(3,4)10-15/h5-6,9,11,15H,7-8,10H2,1-4H3,(H,22,23,26). The zero-order chi connectivity index (χ0) is 19.9. The van der Waals surface area contributed by atoms with Crippen molar-refractivity contribution in [2.75, 3.05) is 11.9 Å². The number of fused-ring (bicyclic) bond motifs is 1. The molecule has 1 unspecified atom stereocenters. The first-order valence-corrected chi connectivity index (χ1v) is 10.3. The van der Waals surface area contributed by atoms with Crippen molar-refractivity contribution < 1.29 is 9.53 Å². The molecule has 3 aromatic rings. The molecule has 1 aliphatic rings. The molecular weight excluding hydrogens is 372 g/mol. The molecular formula is C21H24N4O2S. The van der Waals surface area contributed by atoms with Crippen molar-refractivity contribution >= 4 is 33.3 Å². The first-order valence-electron chi connectivity index (χ1n) is 9.47. The highest BCUT2D eigenvalue weighted by Crippen LogP contribution is 2.33. The van der Waals surface area contributed by atoms with E-state index in [1.165, 1.54) is 11.3 Å². The summed E-state index contributed by atoms with van der Waals surface area (Å²) in [5.41, 5.74) is 3.76. The summed E-state index contributed by atoms with van der Waals surface area (Å²) < 4.78 is 5.71. The number of aromatic nitrogens is 3. The fraction of sp³-hybridized carbons (Fsp3) is 0.429. The van der Waals surface area contributed by atoms with E-state index in [1.54, 1.807) is 0 Å². The monoisotopic (exact) mass is 396 g/mol. The van der Waals surface area contributed by atoms with Crippen molar-refractivity contribution in [3.8, 4) is 10.4 Å². The number of ether oxygens (including phenoxy) is 1. The fourth-order valence-corrected chi connectivity index (χ4v) is 4.42. The number of carbonyl (C=O) groups excluding carboxylic acids is 1. The minimum absolute atomic E-state index is 0.0255. The number of benzene rings is 1. The van der Waals surface area contributed by atoms with E-state index in [1.807, 2.05) is 39.1 Å². The van der Waals surface area contributed by atoms with Crippen molar-refractivity contribution in [1.29, 1.82) is 0 Å². The highest BCUT2D eigenvalue weighted by Gasteiger charge is 2.33. The van der Waals surface area contributed by atoms with E-state index in [2.05, 4.69) is 33.5 Å². The Morgan fingerprint density at radius 2 is 2.11 bits per heavy atom. The normalized spacial score (nSPS) is 18.9. The second-order valence-electron chi connectivity index (χ2n) is 7.96. The Morgan fingerprint density at radius 3 is 2.89 bits per heavy atom. The minimum Gasteiger partial charge on any atom is -0.376 e. The number of thiazole rings is 1. The summed E-state index contributed by atoms with van der Waals surface area (Å²) in [6, 6.07) is 6.12. The number of hydrogen-bond acceptors (Lipinski definition) is 6. The van der Waals surface area contributed by atoms with Gasteiger partial charge in [-0.1, -0.05) is 17.4 Å². The van der Waals surface area contributed by atoms with Crippen LogP contribution in [-0.2, 0) is 9.53 Å². The van der Waals surface area contributed by atoms with Gasteiger partial charge in [-0.2, -0.15) is 10.2 Å². The highest BCUT2D eigenvalue weighted by atomic mass is 32.1. The molecule has 0 saturated carbocycles. The summed E-state index contributed by atoms with van der Waals surface area (Å²) in [6.07, 6.45) is 3.28. The Labute approximate surface area is 168 Å². The van der Waals surface area contributed by atoms with Gasteiger partial charge in [0.2, 0.25) is 5.91 Å². The van der Waals surface area contributed by atoms with Gasteiger partial charge < -0.3 is 10.1 Å². The van der Waals surface area contributed by atoms with Crippen LogP contribution in [0.3, 0.4) is 0 Å². The molecule has 1 N–H and O–H groups in total. The van der Waals surface area contributed by atoms with Crippen LogP contribution >= 0.6 is 11.3 Å². The van der Waals surface area contributed by atoms with Gasteiger partial charge in [0, 0.05) is 24.1 Å². The highest BCUT2D eigenvalue weighted by molar-refractivity contribution is 7.19. The molecule has 28 heavy (non-hydrogen) atoms. The maximum atomic E-state index is 12.6. The van der Waals surface area contributed by atoms with Crippen LogP contribution in [0.1, 0.15) is 37.9 Å². The topological polar surface area (TPSA) is 77.0 Å². The van der Waals surface area contributed by atoms with Crippen molar-refractivity contribution in [2.45, 2.75) is 46.1 Å². The van der Waals surface area contributed by atoms with Crippen molar-refractivity contribution in [1.82, 2.24) is 15.2 Å². The predicted molar refractivity (Wildman–Crippen MR) is 112 cm³/mol. The fourth-order valence-electron chi connectivity index (χ4n) is 3.60. The molecule has 146 valence electrons. The summed E-state index contributed by atoms with van der Waals surface area (Å²) in [5.74, 6) is -0.0153. The summed E-state index contributed by atoms with van der Waals surface area (Å²) >= 11 is 1.49. The molecule has 1 aromatic carbocycles. The third kappa shape index (κ3) is 3.77. The Hall–Kier alpha value is -2.38. The summed E-state index contributed by atoms with van der Waals surface area (Å²) in [4.78, 5) is 18.1. The van der Waals surface area contributed by atoms with Crippen molar-refractivity contribution in [3.05, 3.63) is 35.7 Å². The van der Waals surface area contributed by atoms with Crippen LogP contribution in [-0.4, -0.2) is 33.3 Å². The first kappa shape index (κ1) is 19.0. The Bertz CT molecular complexity index is 1040. The Morgan fingerprint density at radius 1 is 1.29 bits per heavy atom. The molecule has 4 rings (SSSR count). The van der Waals surface area contributed by atoms with E-state index >= 15 is 0 Å². The molecule has 0 bridgehead atoms. The van der Waals surface area contributed by atoms with Gasteiger partial charge in [0.15, 0.2) is 5.13 Å². The molecule has 7 heteroatoms. The minimum atomic E-state index is -0.252.